The SMILES string of the molecule is COCc1cc(N2CCN(C)CC2)nc(SCc2ccc(C(=O)N3CCCC3)cc2)n1. The second-order valence-corrected chi connectivity index (χ2v) is 9.15. The van der Waals surface area contributed by atoms with Gasteiger partial charge in [0.25, 0.3) is 5.91 Å². The number of anilines is 1. The van der Waals surface area contributed by atoms with Crippen molar-refractivity contribution in [1.29, 1.82) is 0 Å². The zero-order valence-corrected chi connectivity index (χ0v) is 19.2. The van der Waals surface area contributed by atoms with Gasteiger partial charge in [0.1, 0.15) is 5.82 Å². The highest BCUT2D eigenvalue weighted by atomic mass is 32.2. The fourth-order valence-corrected chi connectivity index (χ4v) is 4.77. The third-order valence-electron chi connectivity index (χ3n) is 5.83. The number of carbonyl (C=O) groups excluding carboxylic acids is 1. The van der Waals surface area contributed by atoms with Crippen molar-refractivity contribution in [3.63, 3.8) is 0 Å². The molecule has 166 valence electrons. The molecule has 2 aliphatic rings. The lowest BCUT2D eigenvalue weighted by atomic mass is 10.1. The van der Waals surface area contributed by atoms with Crippen LogP contribution in [0.5, 0.6) is 0 Å². The van der Waals surface area contributed by atoms with Gasteiger partial charge in [0.2, 0.25) is 0 Å². The van der Waals surface area contributed by atoms with Crippen LogP contribution in [0.15, 0.2) is 35.5 Å². The summed E-state index contributed by atoms with van der Waals surface area (Å²) in [6, 6.07) is 9.99. The minimum Gasteiger partial charge on any atom is -0.378 e. The second kappa shape index (κ2) is 10.4. The molecule has 0 bridgehead atoms. The van der Waals surface area contributed by atoms with Gasteiger partial charge in [-0.2, -0.15) is 0 Å². The summed E-state index contributed by atoms with van der Waals surface area (Å²) in [6.07, 6.45) is 2.22. The molecule has 4 rings (SSSR count). The summed E-state index contributed by atoms with van der Waals surface area (Å²) >= 11 is 1.62. The summed E-state index contributed by atoms with van der Waals surface area (Å²) in [5, 5.41) is 0.765. The Hall–Kier alpha value is -2.16. The number of amides is 1. The van der Waals surface area contributed by atoms with Gasteiger partial charge < -0.3 is 19.4 Å². The average molecular weight is 442 g/mol. The van der Waals surface area contributed by atoms with E-state index in [4.69, 9.17) is 9.72 Å². The Labute approximate surface area is 188 Å². The predicted octanol–water partition coefficient (Wildman–Crippen LogP) is 2.90. The van der Waals surface area contributed by atoms with Gasteiger partial charge >= 0.3 is 0 Å². The number of nitrogens with zero attached hydrogens (tertiary/aromatic N) is 5. The van der Waals surface area contributed by atoms with E-state index in [1.54, 1.807) is 18.9 Å². The maximum Gasteiger partial charge on any atom is 0.253 e. The zero-order valence-electron chi connectivity index (χ0n) is 18.4. The number of carbonyl (C=O) groups is 1. The summed E-state index contributed by atoms with van der Waals surface area (Å²) in [4.78, 5) is 28.6. The molecule has 1 amide bonds. The molecular formula is C23H31N5O2S. The van der Waals surface area contributed by atoms with E-state index in [1.807, 2.05) is 35.2 Å². The summed E-state index contributed by atoms with van der Waals surface area (Å²) < 4.78 is 5.32. The van der Waals surface area contributed by atoms with Crippen molar-refractivity contribution < 1.29 is 9.53 Å². The number of likely N-dealkylation sites (N-methyl/N-ethyl adjacent to an activating group) is 1. The van der Waals surface area contributed by atoms with E-state index < -0.39 is 0 Å². The minimum atomic E-state index is 0.143. The average Bonchev–Trinajstić information content (AvgIpc) is 3.33. The molecule has 0 atom stereocenters. The van der Waals surface area contributed by atoms with Crippen molar-refractivity contribution in [1.82, 2.24) is 19.8 Å². The third kappa shape index (κ3) is 5.75. The molecule has 0 aliphatic carbocycles. The van der Waals surface area contributed by atoms with E-state index in [0.29, 0.717) is 6.61 Å². The number of ether oxygens (including phenoxy) is 1. The number of methoxy groups -OCH3 is 1. The van der Waals surface area contributed by atoms with Gasteiger partial charge in [0.05, 0.1) is 12.3 Å². The molecule has 7 nitrogen and oxygen atoms in total. The van der Waals surface area contributed by atoms with Gasteiger partial charge in [-0.1, -0.05) is 23.9 Å². The van der Waals surface area contributed by atoms with Gasteiger partial charge in [0.15, 0.2) is 5.16 Å². The number of benzene rings is 1. The van der Waals surface area contributed by atoms with Crippen molar-refractivity contribution in [3.8, 4) is 0 Å². The maximum atomic E-state index is 12.5. The van der Waals surface area contributed by atoms with Crippen molar-refractivity contribution in [3.05, 3.63) is 47.2 Å². The molecule has 31 heavy (non-hydrogen) atoms. The van der Waals surface area contributed by atoms with Crippen LogP contribution in [-0.4, -0.2) is 79.1 Å². The van der Waals surface area contributed by atoms with Crippen LogP contribution in [0.25, 0.3) is 0 Å². The monoisotopic (exact) mass is 441 g/mol. The zero-order chi connectivity index (χ0) is 21.6. The van der Waals surface area contributed by atoms with E-state index in [2.05, 4.69) is 21.8 Å². The number of hydrogen-bond donors (Lipinski definition) is 0. The van der Waals surface area contributed by atoms with Crippen LogP contribution in [0.3, 0.4) is 0 Å². The normalized spacial score (nSPS) is 17.4. The van der Waals surface area contributed by atoms with Crippen molar-refractivity contribution in [2.24, 2.45) is 0 Å². The first kappa shape index (κ1) is 22.0. The Morgan fingerprint density at radius 1 is 1.03 bits per heavy atom. The van der Waals surface area contributed by atoms with Crippen LogP contribution in [0.2, 0.25) is 0 Å². The lowest BCUT2D eigenvalue weighted by Crippen LogP contribution is -2.44. The van der Waals surface area contributed by atoms with E-state index in [0.717, 1.165) is 85.7 Å². The first-order valence-electron chi connectivity index (χ1n) is 10.9. The maximum absolute atomic E-state index is 12.5. The summed E-state index contributed by atoms with van der Waals surface area (Å²) in [7, 11) is 3.84. The molecule has 1 aromatic carbocycles. The van der Waals surface area contributed by atoms with Crippen LogP contribution >= 0.6 is 11.8 Å². The Morgan fingerprint density at radius 2 is 1.74 bits per heavy atom. The van der Waals surface area contributed by atoms with Crippen molar-refractivity contribution in [2.45, 2.75) is 30.4 Å². The molecule has 0 saturated carbocycles. The van der Waals surface area contributed by atoms with E-state index in [-0.39, 0.29) is 5.91 Å². The van der Waals surface area contributed by atoms with E-state index >= 15 is 0 Å². The Morgan fingerprint density at radius 3 is 2.42 bits per heavy atom. The molecule has 0 radical (unpaired) electrons. The fourth-order valence-electron chi connectivity index (χ4n) is 3.94. The highest BCUT2D eigenvalue weighted by Crippen LogP contribution is 2.24. The smallest absolute Gasteiger partial charge is 0.253 e. The number of rotatable bonds is 7. The number of piperazine rings is 1. The van der Waals surface area contributed by atoms with E-state index in [9.17, 15) is 4.79 Å². The van der Waals surface area contributed by atoms with Crippen molar-refractivity contribution >= 4 is 23.5 Å². The molecule has 0 N–H and O–H groups in total. The van der Waals surface area contributed by atoms with Crippen LogP contribution in [-0.2, 0) is 17.1 Å². The summed E-state index contributed by atoms with van der Waals surface area (Å²) in [5.41, 5.74) is 2.83. The first-order chi connectivity index (χ1) is 15.1. The van der Waals surface area contributed by atoms with Gasteiger partial charge in [-0.25, -0.2) is 9.97 Å². The largest absolute Gasteiger partial charge is 0.378 e. The van der Waals surface area contributed by atoms with Crippen LogP contribution < -0.4 is 4.90 Å². The molecule has 0 unspecified atom stereocenters. The molecule has 8 heteroatoms. The quantitative estimate of drug-likeness (QED) is 0.484. The molecule has 2 saturated heterocycles. The lowest BCUT2D eigenvalue weighted by Gasteiger charge is -2.33. The fraction of sp³-hybridized carbons (Fsp3) is 0.522. The topological polar surface area (TPSA) is 61.8 Å². The van der Waals surface area contributed by atoms with Crippen LogP contribution in [0.1, 0.15) is 34.5 Å². The standard InChI is InChI=1S/C23H31N5O2S/c1-26-11-13-27(14-12-26)21-15-20(16-30-2)24-23(25-21)31-17-18-5-7-19(8-6-18)22(29)28-9-3-4-10-28/h5-8,15H,3-4,9-14,16-17H2,1-2H3. The molecule has 0 spiro atoms. The predicted molar refractivity (Wildman–Crippen MR) is 124 cm³/mol. The number of thioether (sulfide) groups is 1. The first-order valence-corrected chi connectivity index (χ1v) is 11.9. The van der Waals surface area contributed by atoms with E-state index in [1.165, 1.54) is 0 Å². The Kier molecular flexibility index (Phi) is 7.42. The number of aromatic nitrogens is 2. The molecule has 2 fully saturated rings. The molecule has 2 aliphatic heterocycles. The molecule has 2 aromatic rings. The third-order valence-corrected chi connectivity index (χ3v) is 6.75. The van der Waals surface area contributed by atoms with Crippen molar-refractivity contribution in [2.75, 3.05) is 58.3 Å². The minimum absolute atomic E-state index is 0.143. The van der Waals surface area contributed by atoms with Gasteiger partial charge in [-0.05, 0) is 37.6 Å². The van der Waals surface area contributed by atoms with Gasteiger partial charge in [-0.15, -0.1) is 0 Å². The lowest BCUT2D eigenvalue weighted by molar-refractivity contribution is 0.0793. The summed E-state index contributed by atoms with van der Waals surface area (Å²) in [5.74, 6) is 1.88. The number of hydrogen-bond acceptors (Lipinski definition) is 7. The van der Waals surface area contributed by atoms with Crippen LogP contribution in [0.4, 0.5) is 5.82 Å². The Balaban J connectivity index is 1.41. The highest BCUT2D eigenvalue weighted by molar-refractivity contribution is 7.98. The Bertz CT molecular complexity index is 878. The number of likely N-dealkylation sites (tertiary alicyclic amines) is 1. The van der Waals surface area contributed by atoms with Gasteiger partial charge in [0, 0.05) is 63.8 Å². The molecule has 3 heterocycles. The molecule has 1 aromatic heterocycles. The summed E-state index contributed by atoms with van der Waals surface area (Å²) in [6.45, 7) is 6.24. The van der Waals surface area contributed by atoms with Gasteiger partial charge in [-0.3, -0.25) is 4.79 Å². The van der Waals surface area contributed by atoms with Crippen LogP contribution in [0, 0.1) is 0 Å². The second-order valence-electron chi connectivity index (χ2n) is 8.21. The molecular weight excluding hydrogens is 410 g/mol. The highest BCUT2D eigenvalue weighted by Gasteiger charge is 2.20.